The fraction of sp³-hybridized carbons (Fsp3) is 0.273. The number of alkyl halides is 3. The second-order valence-electron chi connectivity index (χ2n) is 6.84. The number of esters is 1. The highest BCUT2D eigenvalue weighted by molar-refractivity contribution is 5.92. The van der Waals surface area contributed by atoms with E-state index in [0.717, 1.165) is 12.1 Å². The Morgan fingerprint density at radius 2 is 1.94 bits per heavy atom. The first-order chi connectivity index (χ1) is 14.7. The molecule has 162 valence electrons. The van der Waals surface area contributed by atoms with Crippen molar-refractivity contribution in [2.24, 2.45) is 0 Å². The van der Waals surface area contributed by atoms with Gasteiger partial charge in [0, 0.05) is 11.4 Å². The Balaban J connectivity index is 2.12. The number of nitriles is 1. The summed E-state index contributed by atoms with van der Waals surface area (Å²) in [5.41, 5.74) is 0.588. The number of hydrogen-bond donors (Lipinski definition) is 2. The molecule has 2 unspecified atom stereocenters. The summed E-state index contributed by atoms with van der Waals surface area (Å²) in [4.78, 5) is 14.0. The Hall–Kier alpha value is -3.35. The molecule has 0 fully saturated rings. The quantitative estimate of drug-likeness (QED) is 0.716. The van der Waals surface area contributed by atoms with Crippen LogP contribution in [0.3, 0.4) is 0 Å². The number of carbonyl (C=O) groups excluding carboxylic acids is 1. The molecule has 0 saturated heterocycles. The van der Waals surface area contributed by atoms with Gasteiger partial charge in [0.25, 0.3) is 0 Å². The number of halogens is 3. The van der Waals surface area contributed by atoms with Crippen LogP contribution in [-0.4, -0.2) is 24.0 Å². The first-order valence-electron chi connectivity index (χ1n) is 9.46. The number of aliphatic hydroxyl groups excluding tert-OH is 1. The van der Waals surface area contributed by atoms with Crippen LogP contribution in [0.25, 0.3) is 0 Å². The maximum atomic E-state index is 13.2. The van der Waals surface area contributed by atoms with Gasteiger partial charge in [0.15, 0.2) is 6.35 Å². The van der Waals surface area contributed by atoms with Gasteiger partial charge in [-0.3, -0.25) is 5.32 Å². The molecule has 2 aromatic rings. The summed E-state index contributed by atoms with van der Waals surface area (Å²) in [6, 6.07) is 12.1. The average Bonchev–Trinajstić information content (AvgIpc) is 2.73. The van der Waals surface area contributed by atoms with Gasteiger partial charge in [0.05, 0.1) is 35.4 Å². The molecule has 3 rings (SSSR count). The van der Waals surface area contributed by atoms with Crippen molar-refractivity contribution in [2.75, 3.05) is 11.5 Å². The molecule has 2 aromatic carbocycles. The van der Waals surface area contributed by atoms with Crippen molar-refractivity contribution < 1.29 is 27.8 Å². The summed E-state index contributed by atoms with van der Waals surface area (Å²) >= 11 is 0. The van der Waals surface area contributed by atoms with Crippen molar-refractivity contribution in [3.05, 3.63) is 76.5 Å². The summed E-state index contributed by atoms with van der Waals surface area (Å²) in [5, 5.41) is 22.6. The van der Waals surface area contributed by atoms with Crippen LogP contribution >= 0.6 is 0 Å². The summed E-state index contributed by atoms with van der Waals surface area (Å²) in [5.74, 6) is -0.661. The maximum absolute atomic E-state index is 13.2. The highest BCUT2D eigenvalue weighted by atomic mass is 19.4. The summed E-state index contributed by atoms with van der Waals surface area (Å²) in [7, 11) is 0. The molecule has 0 spiro atoms. The van der Waals surface area contributed by atoms with E-state index in [1.54, 1.807) is 31.2 Å². The molecule has 0 bridgehead atoms. The Bertz CT molecular complexity index is 1040. The molecule has 2 N–H and O–H groups in total. The molecular formula is C22H20F3N3O3. The van der Waals surface area contributed by atoms with E-state index < -0.39 is 30.1 Å². The number of aliphatic hydroxyl groups is 1. The number of carbonyl (C=O) groups is 1. The lowest BCUT2D eigenvalue weighted by Crippen LogP contribution is -2.52. The first kappa shape index (κ1) is 22.3. The van der Waals surface area contributed by atoms with Crippen LogP contribution in [0.5, 0.6) is 0 Å². The maximum Gasteiger partial charge on any atom is 0.416 e. The molecule has 0 amide bonds. The van der Waals surface area contributed by atoms with E-state index in [1.165, 1.54) is 24.0 Å². The van der Waals surface area contributed by atoms with E-state index >= 15 is 0 Å². The number of nitrogens with zero attached hydrogens (tertiary/aromatic N) is 2. The zero-order valence-electron chi connectivity index (χ0n) is 16.8. The monoisotopic (exact) mass is 431 g/mol. The van der Waals surface area contributed by atoms with E-state index in [-0.39, 0.29) is 23.6 Å². The number of ether oxygens (including phenoxy) is 1. The first-order valence-corrected chi connectivity index (χ1v) is 9.46. The summed E-state index contributed by atoms with van der Waals surface area (Å²) < 4.78 is 44.7. The van der Waals surface area contributed by atoms with E-state index in [9.17, 15) is 23.1 Å². The fourth-order valence-corrected chi connectivity index (χ4v) is 3.48. The van der Waals surface area contributed by atoms with Crippen LogP contribution in [0.1, 0.15) is 36.6 Å². The topological polar surface area (TPSA) is 85.6 Å². The molecule has 2 atom stereocenters. The zero-order chi connectivity index (χ0) is 22.8. The lowest BCUT2D eigenvalue weighted by Gasteiger charge is -2.40. The van der Waals surface area contributed by atoms with Crippen molar-refractivity contribution >= 4 is 11.7 Å². The summed E-state index contributed by atoms with van der Waals surface area (Å²) in [6.07, 6.45) is -5.97. The van der Waals surface area contributed by atoms with Crippen LogP contribution in [0.4, 0.5) is 18.9 Å². The predicted molar refractivity (Wildman–Crippen MR) is 106 cm³/mol. The van der Waals surface area contributed by atoms with E-state index in [1.807, 2.05) is 6.07 Å². The Kier molecular flexibility index (Phi) is 6.34. The molecule has 31 heavy (non-hydrogen) atoms. The van der Waals surface area contributed by atoms with Crippen LogP contribution < -0.4 is 10.2 Å². The normalized spacial score (nSPS) is 19.2. The van der Waals surface area contributed by atoms with Gasteiger partial charge in [0.2, 0.25) is 0 Å². The third kappa shape index (κ3) is 4.55. The van der Waals surface area contributed by atoms with Crippen molar-refractivity contribution in [3.63, 3.8) is 0 Å². The number of benzene rings is 2. The molecule has 1 aliphatic rings. The van der Waals surface area contributed by atoms with Gasteiger partial charge in [-0.2, -0.15) is 18.4 Å². The molecule has 1 aliphatic heterocycles. The van der Waals surface area contributed by atoms with Crippen LogP contribution in [0.2, 0.25) is 0 Å². The van der Waals surface area contributed by atoms with Gasteiger partial charge >= 0.3 is 12.1 Å². The van der Waals surface area contributed by atoms with Crippen molar-refractivity contribution in [1.82, 2.24) is 5.32 Å². The lowest BCUT2D eigenvalue weighted by molar-refractivity contribution is -0.139. The van der Waals surface area contributed by atoms with Gasteiger partial charge < -0.3 is 14.7 Å². The van der Waals surface area contributed by atoms with Gasteiger partial charge in [-0.1, -0.05) is 18.2 Å². The molecule has 1 heterocycles. The van der Waals surface area contributed by atoms with Gasteiger partial charge in [-0.05, 0) is 49.7 Å². The van der Waals surface area contributed by atoms with Crippen molar-refractivity contribution in [1.29, 1.82) is 5.26 Å². The number of nitrogens with one attached hydrogen (secondary N) is 1. The molecule has 0 saturated carbocycles. The molecule has 0 radical (unpaired) electrons. The largest absolute Gasteiger partial charge is 0.463 e. The third-order valence-corrected chi connectivity index (χ3v) is 4.92. The summed E-state index contributed by atoms with van der Waals surface area (Å²) in [6.45, 7) is 3.27. The van der Waals surface area contributed by atoms with E-state index in [0.29, 0.717) is 11.1 Å². The molecular weight excluding hydrogens is 411 g/mol. The highest BCUT2D eigenvalue weighted by Gasteiger charge is 2.38. The Morgan fingerprint density at radius 3 is 2.52 bits per heavy atom. The third-order valence-electron chi connectivity index (χ3n) is 4.92. The second-order valence-corrected chi connectivity index (χ2v) is 6.84. The minimum atomic E-state index is -4.56. The van der Waals surface area contributed by atoms with Crippen LogP contribution in [0, 0.1) is 11.3 Å². The molecule has 0 aliphatic carbocycles. The van der Waals surface area contributed by atoms with Gasteiger partial charge in [0.1, 0.15) is 0 Å². The van der Waals surface area contributed by atoms with Crippen molar-refractivity contribution in [3.8, 4) is 6.07 Å². The molecule has 6 nitrogen and oxygen atoms in total. The minimum Gasteiger partial charge on any atom is -0.463 e. The minimum absolute atomic E-state index is 0.0624. The number of allylic oxidation sites excluding steroid dienone is 1. The SMILES string of the molecule is CCOC(=O)C1=C(C)N(c2cccc(C(F)(F)F)c2)C(O)NC1c1ccc(C#N)cc1. The van der Waals surface area contributed by atoms with Crippen LogP contribution in [-0.2, 0) is 15.7 Å². The predicted octanol–water partition coefficient (Wildman–Crippen LogP) is 3.84. The van der Waals surface area contributed by atoms with Crippen molar-refractivity contribution in [2.45, 2.75) is 32.4 Å². The van der Waals surface area contributed by atoms with E-state index in [2.05, 4.69) is 5.32 Å². The Labute approximate surface area is 177 Å². The molecule has 9 heteroatoms. The van der Waals surface area contributed by atoms with Crippen LogP contribution in [0.15, 0.2) is 59.8 Å². The molecule has 0 aromatic heterocycles. The average molecular weight is 431 g/mol. The standard InChI is InChI=1S/C22H20F3N3O3/c1-3-31-20(29)18-13(2)28(17-6-4-5-16(11-17)22(23,24)25)21(30)27-19(18)15-9-7-14(12-26)8-10-15/h4-11,19,21,27,30H,3H2,1-2H3. The zero-order valence-corrected chi connectivity index (χ0v) is 16.8. The number of anilines is 1. The van der Waals surface area contributed by atoms with Gasteiger partial charge in [-0.15, -0.1) is 0 Å². The second kappa shape index (κ2) is 8.79. The fourth-order valence-electron chi connectivity index (χ4n) is 3.48. The smallest absolute Gasteiger partial charge is 0.416 e. The highest BCUT2D eigenvalue weighted by Crippen LogP contribution is 2.37. The Morgan fingerprint density at radius 1 is 1.26 bits per heavy atom. The number of hydrogen-bond acceptors (Lipinski definition) is 6. The van der Waals surface area contributed by atoms with Gasteiger partial charge in [-0.25, -0.2) is 4.79 Å². The lowest BCUT2D eigenvalue weighted by atomic mass is 9.93. The number of rotatable bonds is 4. The van der Waals surface area contributed by atoms with E-state index in [4.69, 9.17) is 10.00 Å².